The predicted octanol–water partition coefficient (Wildman–Crippen LogP) is 12.3. The van der Waals surface area contributed by atoms with E-state index in [1.54, 1.807) is 0 Å². The molecule has 0 N–H and O–H groups in total. The lowest BCUT2D eigenvalue weighted by Crippen LogP contribution is -2.26. The van der Waals surface area contributed by atoms with Crippen molar-refractivity contribution in [1.29, 1.82) is 0 Å². The zero-order valence-electron chi connectivity index (χ0n) is 27.6. The summed E-state index contributed by atoms with van der Waals surface area (Å²) in [6.07, 6.45) is 10.6. The molecule has 4 aliphatic rings. The van der Waals surface area contributed by atoms with Crippen LogP contribution in [-0.2, 0) is 5.41 Å². The summed E-state index contributed by atoms with van der Waals surface area (Å²) in [7, 11) is 0. The summed E-state index contributed by atoms with van der Waals surface area (Å²) < 4.78 is 0. The molecule has 8 aromatic rings. The van der Waals surface area contributed by atoms with E-state index >= 15 is 0 Å². The summed E-state index contributed by atoms with van der Waals surface area (Å²) in [6, 6.07) is 52.1. The molecule has 2 heterocycles. The fourth-order valence-corrected chi connectivity index (χ4v) is 9.86. The highest BCUT2D eigenvalue weighted by Crippen LogP contribution is 2.66. The van der Waals surface area contributed by atoms with E-state index < -0.39 is 5.41 Å². The van der Waals surface area contributed by atoms with E-state index in [2.05, 4.69) is 158 Å². The Morgan fingerprint density at radius 3 is 2.04 bits per heavy atom. The summed E-state index contributed by atoms with van der Waals surface area (Å²) in [5.74, 6) is 0. The first-order valence-electron chi connectivity index (χ1n) is 17.8. The second-order valence-corrected chi connectivity index (χ2v) is 14.2. The van der Waals surface area contributed by atoms with Gasteiger partial charge in [0.05, 0.1) is 5.41 Å². The van der Waals surface area contributed by atoms with Crippen molar-refractivity contribution in [1.82, 2.24) is 4.98 Å². The number of fused-ring (bicyclic) bond motifs is 20. The molecule has 1 spiro atoms. The molecule has 7 aromatic carbocycles. The van der Waals surface area contributed by atoms with Crippen molar-refractivity contribution in [2.24, 2.45) is 0 Å². The largest absolute Gasteiger partial charge is 0.673 e. The molecule has 1 aromatic heterocycles. The maximum atomic E-state index is 5.30. The molecule has 236 valence electrons. The lowest BCUT2D eigenvalue weighted by molar-refractivity contribution is 0.809. The Labute approximate surface area is 295 Å². The van der Waals surface area contributed by atoms with Crippen LogP contribution < -0.4 is 0 Å². The van der Waals surface area contributed by atoms with Gasteiger partial charge in [-0.2, -0.15) is 0 Å². The molecule has 0 fully saturated rings. The van der Waals surface area contributed by atoms with Crippen LogP contribution in [-0.4, -0.2) is 4.98 Å². The van der Waals surface area contributed by atoms with E-state index in [9.17, 15) is 0 Å². The van der Waals surface area contributed by atoms with Crippen molar-refractivity contribution in [3.05, 3.63) is 214 Å². The standard InChI is InChI=1S/C49H29N2/c1-3-15-38-34(11-1)35-12-2-4-16-39(35)46-44(38)40-25-21-31-28-32(43-26-23-30-20-19-29-10-9-27-50-47(29)48(30)51-43)22-24-33(31)45(40)49(46)41-17-7-5-13-36(41)37-14-6-8-18-42(37)49/h1-28,48H/q-1. The molecule has 0 amide bonds. The second kappa shape index (κ2) is 9.80. The van der Waals surface area contributed by atoms with Gasteiger partial charge in [0, 0.05) is 11.9 Å². The maximum absolute atomic E-state index is 5.30. The molecular weight excluding hydrogens is 617 g/mol. The summed E-state index contributed by atoms with van der Waals surface area (Å²) >= 11 is 0. The third kappa shape index (κ3) is 3.40. The third-order valence-corrected chi connectivity index (χ3v) is 11.8. The zero-order valence-corrected chi connectivity index (χ0v) is 27.6. The van der Waals surface area contributed by atoms with E-state index in [1.165, 1.54) is 82.4 Å². The Morgan fingerprint density at radius 2 is 1.24 bits per heavy atom. The van der Waals surface area contributed by atoms with Crippen LogP contribution in [0.3, 0.4) is 0 Å². The number of pyridine rings is 1. The van der Waals surface area contributed by atoms with Crippen molar-refractivity contribution >= 4 is 44.1 Å². The Hall–Kier alpha value is -6.51. The van der Waals surface area contributed by atoms with Crippen molar-refractivity contribution < 1.29 is 0 Å². The van der Waals surface area contributed by atoms with Gasteiger partial charge >= 0.3 is 0 Å². The van der Waals surface area contributed by atoms with Crippen LogP contribution in [0.5, 0.6) is 0 Å². The lowest BCUT2D eigenvalue weighted by atomic mass is 9.68. The predicted molar refractivity (Wildman–Crippen MR) is 211 cm³/mol. The van der Waals surface area contributed by atoms with Gasteiger partial charge in [-0.05, 0) is 106 Å². The zero-order chi connectivity index (χ0) is 33.3. The normalized spacial score (nSPS) is 16.9. The SMILES string of the molecule is C1=Cc2cccnc2C2[N-]C(c3ccc4c5c(ccc4c3)-c3c(c4ccccc4c4ccccc34)C53c4ccccc4-c4ccccc43)=CC=C12. The van der Waals surface area contributed by atoms with Crippen molar-refractivity contribution in [3.63, 3.8) is 0 Å². The Bertz CT molecular complexity index is 2910. The Kier molecular flexibility index (Phi) is 5.25. The molecule has 0 radical (unpaired) electrons. The summed E-state index contributed by atoms with van der Waals surface area (Å²) in [6.45, 7) is 0. The molecule has 0 saturated carbocycles. The number of hydrogen-bond acceptors (Lipinski definition) is 1. The van der Waals surface area contributed by atoms with E-state index in [0.29, 0.717) is 0 Å². The summed E-state index contributed by atoms with van der Waals surface area (Å²) in [4.78, 5) is 4.75. The number of rotatable bonds is 1. The van der Waals surface area contributed by atoms with Crippen LogP contribution in [0.4, 0.5) is 0 Å². The van der Waals surface area contributed by atoms with Gasteiger partial charge in [0.25, 0.3) is 0 Å². The van der Waals surface area contributed by atoms with E-state index in [0.717, 1.165) is 22.5 Å². The third-order valence-electron chi connectivity index (χ3n) is 11.8. The van der Waals surface area contributed by atoms with E-state index in [1.807, 2.05) is 12.3 Å². The van der Waals surface area contributed by atoms with Gasteiger partial charge in [0.2, 0.25) is 0 Å². The summed E-state index contributed by atoms with van der Waals surface area (Å²) in [5, 5.41) is 13.1. The average molecular weight is 646 g/mol. The molecule has 2 heteroatoms. The minimum Gasteiger partial charge on any atom is -0.673 e. The van der Waals surface area contributed by atoms with Crippen LogP contribution in [0.2, 0.25) is 0 Å². The van der Waals surface area contributed by atoms with Gasteiger partial charge in [0.1, 0.15) is 0 Å². The van der Waals surface area contributed by atoms with Gasteiger partial charge in [-0.15, -0.1) is 5.70 Å². The molecule has 1 unspecified atom stereocenters. The van der Waals surface area contributed by atoms with Gasteiger partial charge in [-0.25, -0.2) is 0 Å². The monoisotopic (exact) mass is 645 g/mol. The van der Waals surface area contributed by atoms with E-state index in [-0.39, 0.29) is 6.04 Å². The maximum Gasteiger partial charge on any atom is 0.0737 e. The van der Waals surface area contributed by atoms with Crippen LogP contribution in [0, 0.1) is 0 Å². The molecule has 0 saturated heterocycles. The van der Waals surface area contributed by atoms with Crippen LogP contribution in [0.1, 0.15) is 45.1 Å². The minimum atomic E-state index is -0.474. The van der Waals surface area contributed by atoms with Crippen molar-refractivity contribution in [3.8, 4) is 22.3 Å². The molecule has 2 nitrogen and oxygen atoms in total. The Balaban J connectivity index is 1.16. The first kappa shape index (κ1) is 27.3. The van der Waals surface area contributed by atoms with Crippen LogP contribution in [0.25, 0.3) is 71.7 Å². The van der Waals surface area contributed by atoms with Crippen molar-refractivity contribution in [2.75, 3.05) is 0 Å². The van der Waals surface area contributed by atoms with Gasteiger partial charge in [-0.3, -0.25) is 4.98 Å². The highest BCUT2D eigenvalue weighted by molar-refractivity contribution is 6.21. The molecule has 0 bridgehead atoms. The fraction of sp³-hybridized carbons (Fsp3) is 0.0408. The van der Waals surface area contributed by atoms with Gasteiger partial charge in [-0.1, -0.05) is 157 Å². The lowest BCUT2D eigenvalue weighted by Gasteiger charge is -2.41. The minimum absolute atomic E-state index is 0.0901. The smallest absolute Gasteiger partial charge is 0.0737 e. The number of nitrogens with zero attached hydrogens (tertiary/aromatic N) is 2. The average Bonchev–Trinajstić information content (AvgIpc) is 3.68. The molecular formula is C49H29N2-. The number of benzene rings is 7. The highest BCUT2D eigenvalue weighted by atomic mass is 15.0. The Morgan fingerprint density at radius 1 is 0.529 bits per heavy atom. The molecule has 3 aliphatic carbocycles. The van der Waals surface area contributed by atoms with E-state index in [4.69, 9.17) is 10.3 Å². The highest BCUT2D eigenvalue weighted by Gasteiger charge is 2.53. The molecule has 1 atom stereocenters. The van der Waals surface area contributed by atoms with Crippen LogP contribution >= 0.6 is 0 Å². The first-order valence-corrected chi connectivity index (χ1v) is 17.8. The molecule has 51 heavy (non-hydrogen) atoms. The molecule has 1 aliphatic heterocycles. The number of aromatic nitrogens is 1. The quantitative estimate of drug-likeness (QED) is 0.163. The van der Waals surface area contributed by atoms with Gasteiger partial charge in [0.15, 0.2) is 0 Å². The topological polar surface area (TPSA) is 27.0 Å². The summed E-state index contributed by atoms with van der Waals surface area (Å²) in [5.41, 5.74) is 15.8. The second-order valence-electron chi connectivity index (χ2n) is 14.2. The van der Waals surface area contributed by atoms with Crippen LogP contribution in [0.15, 0.2) is 170 Å². The van der Waals surface area contributed by atoms with Crippen molar-refractivity contribution in [2.45, 2.75) is 11.5 Å². The number of hydrogen-bond donors (Lipinski definition) is 0. The fourth-order valence-electron chi connectivity index (χ4n) is 9.86. The van der Waals surface area contributed by atoms with Gasteiger partial charge < -0.3 is 5.32 Å². The molecule has 12 rings (SSSR count). The first-order chi connectivity index (χ1) is 25.3. The number of allylic oxidation sites excluding steroid dienone is 2.